The van der Waals surface area contributed by atoms with Gasteiger partial charge in [0, 0.05) is 12.6 Å². The molecule has 5 nitrogen and oxygen atoms in total. The van der Waals surface area contributed by atoms with Crippen molar-refractivity contribution >= 4 is 12.0 Å². The molecule has 1 atom stereocenters. The van der Waals surface area contributed by atoms with E-state index in [4.69, 9.17) is 9.15 Å². The minimum Gasteiger partial charge on any atom is -0.497 e. The minimum absolute atomic E-state index is 0.119. The number of methoxy groups -OCH3 is 1. The average Bonchev–Trinajstić information content (AvgIpc) is 2.96. The van der Waals surface area contributed by atoms with Crippen molar-refractivity contribution in [2.75, 3.05) is 13.7 Å². The Labute approximate surface area is 129 Å². The molecule has 5 heteroatoms. The highest BCUT2D eigenvalue weighted by Crippen LogP contribution is 2.18. The van der Waals surface area contributed by atoms with E-state index >= 15 is 0 Å². The first-order valence-corrected chi connectivity index (χ1v) is 6.93. The summed E-state index contributed by atoms with van der Waals surface area (Å²) >= 11 is 0. The third-order valence-electron chi connectivity index (χ3n) is 3.11. The molecular weight excluding hydrogens is 282 g/mol. The van der Waals surface area contributed by atoms with Gasteiger partial charge in [-0.3, -0.25) is 4.79 Å². The van der Waals surface area contributed by atoms with Crippen LogP contribution in [-0.2, 0) is 4.79 Å². The van der Waals surface area contributed by atoms with E-state index in [0.717, 1.165) is 5.76 Å². The Hall–Kier alpha value is -2.53. The van der Waals surface area contributed by atoms with Gasteiger partial charge in [0.05, 0.1) is 13.2 Å². The molecule has 116 valence electrons. The third-order valence-corrected chi connectivity index (χ3v) is 3.11. The summed E-state index contributed by atoms with van der Waals surface area (Å²) in [6, 6.07) is 10.7. The van der Waals surface area contributed by atoms with E-state index in [1.807, 2.05) is 13.0 Å². The Bertz CT molecular complexity index is 660. The molecule has 22 heavy (non-hydrogen) atoms. The predicted octanol–water partition coefficient (Wildman–Crippen LogP) is 2.46. The van der Waals surface area contributed by atoms with Gasteiger partial charge in [0.2, 0.25) is 5.91 Å². The molecule has 1 amide bonds. The highest BCUT2D eigenvalue weighted by atomic mass is 16.5. The van der Waals surface area contributed by atoms with E-state index in [9.17, 15) is 9.90 Å². The first kappa shape index (κ1) is 15.9. The number of aliphatic hydroxyl groups excluding tert-OH is 1. The third kappa shape index (κ3) is 4.49. The number of benzene rings is 1. The standard InChI is InChI=1S/C17H19NO4/c1-12-6-7-14(22-12)8-9-17(20)18-11-16(19)13-4-3-5-15(10-13)21-2/h3-10,16,19H,11H2,1-2H3,(H,18,20)/b9-8+. The van der Waals surface area contributed by atoms with Crippen LogP contribution in [-0.4, -0.2) is 24.7 Å². The summed E-state index contributed by atoms with van der Waals surface area (Å²) in [5.41, 5.74) is 0.685. The van der Waals surface area contributed by atoms with Gasteiger partial charge in [-0.25, -0.2) is 0 Å². The van der Waals surface area contributed by atoms with E-state index in [2.05, 4.69) is 5.32 Å². The van der Waals surface area contributed by atoms with Gasteiger partial charge in [0.1, 0.15) is 17.3 Å². The first-order chi connectivity index (χ1) is 10.6. The molecule has 0 bridgehead atoms. The van der Waals surface area contributed by atoms with Gasteiger partial charge in [-0.1, -0.05) is 12.1 Å². The maximum Gasteiger partial charge on any atom is 0.244 e. The van der Waals surface area contributed by atoms with E-state index in [1.54, 1.807) is 43.5 Å². The van der Waals surface area contributed by atoms with Gasteiger partial charge in [0.25, 0.3) is 0 Å². The number of aryl methyl sites for hydroxylation is 1. The number of rotatable bonds is 6. The number of hydrogen-bond acceptors (Lipinski definition) is 4. The average molecular weight is 301 g/mol. The summed E-state index contributed by atoms with van der Waals surface area (Å²) < 4.78 is 10.4. The number of nitrogens with one attached hydrogen (secondary N) is 1. The largest absolute Gasteiger partial charge is 0.497 e. The summed E-state index contributed by atoms with van der Waals surface area (Å²) in [5.74, 6) is 1.77. The van der Waals surface area contributed by atoms with Crippen LogP contribution in [0.15, 0.2) is 46.9 Å². The Kier molecular flexibility index (Phi) is 5.38. The van der Waals surface area contributed by atoms with Crippen LogP contribution >= 0.6 is 0 Å². The highest BCUT2D eigenvalue weighted by Gasteiger charge is 2.09. The van der Waals surface area contributed by atoms with Crippen LogP contribution in [0.2, 0.25) is 0 Å². The quantitative estimate of drug-likeness (QED) is 0.804. The van der Waals surface area contributed by atoms with Crippen molar-refractivity contribution in [1.29, 1.82) is 0 Å². The molecule has 1 aromatic heterocycles. The van der Waals surface area contributed by atoms with E-state index < -0.39 is 6.10 Å². The second kappa shape index (κ2) is 7.47. The lowest BCUT2D eigenvalue weighted by Crippen LogP contribution is -2.26. The van der Waals surface area contributed by atoms with Gasteiger partial charge in [-0.2, -0.15) is 0 Å². The Morgan fingerprint density at radius 2 is 2.23 bits per heavy atom. The van der Waals surface area contributed by atoms with Gasteiger partial charge < -0.3 is 19.6 Å². The molecule has 0 saturated carbocycles. The fourth-order valence-electron chi connectivity index (χ4n) is 1.92. The van der Waals surface area contributed by atoms with Crippen LogP contribution in [0.4, 0.5) is 0 Å². The summed E-state index contributed by atoms with van der Waals surface area (Å²) in [7, 11) is 1.56. The van der Waals surface area contributed by atoms with Crippen molar-refractivity contribution in [3.05, 3.63) is 59.6 Å². The van der Waals surface area contributed by atoms with E-state index in [1.165, 1.54) is 6.08 Å². The first-order valence-electron chi connectivity index (χ1n) is 6.93. The van der Waals surface area contributed by atoms with Crippen LogP contribution in [0, 0.1) is 6.92 Å². The van der Waals surface area contributed by atoms with E-state index in [-0.39, 0.29) is 12.5 Å². The Morgan fingerprint density at radius 1 is 1.41 bits per heavy atom. The molecule has 0 radical (unpaired) electrons. The molecule has 0 aliphatic carbocycles. The second-order valence-electron chi connectivity index (χ2n) is 4.82. The number of furan rings is 1. The van der Waals surface area contributed by atoms with Crippen LogP contribution in [0.3, 0.4) is 0 Å². The molecular formula is C17H19NO4. The lowest BCUT2D eigenvalue weighted by molar-refractivity contribution is -0.116. The van der Waals surface area contributed by atoms with Gasteiger partial charge in [-0.15, -0.1) is 0 Å². The van der Waals surface area contributed by atoms with Crippen LogP contribution in [0.25, 0.3) is 6.08 Å². The Balaban J connectivity index is 1.86. The molecule has 0 aliphatic rings. The Morgan fingerprint density at radius 3 is 2.91 bits per heavy atom. The SMILES string of the molecule is COc1cccc(C(O)CNC(=O)/C=C/c2ccc(C)o2)c1. The topological polar surface area (TPSA) is 71.7 Å². The van der Waals surface area contributed by atoms with Crippen molar-refractivity contribution in [2.24, 2.45) is 0 Å². The van der Waals surface area contributed by atoms with Crippen LogP contribution in [0.1, 0.15) is 23.2 Å². The minimum atomic E-state index is -0.793. The maximum absolute atomic E-state index is 11.7. The molecule has 2 aromatic rings. The fourth-order valence-corrected chi connectivity index (χ4v) is 1.92. The monoisotopic (exact) mass is 301 g/mol. The van der Waals surface area contributed by atoms with Gasteiger partial charge in [0.15, 0.2) is 0 Å². The smallest absolute Gasteiger partial charge is 0.244 e. The number of carbonyl (C=O) groups is 1. The fraction of sp³-hybridized carbons (Fsp3) is 0.235. The molecule has 0 aliphatic heterocycles. The predicted molar refractivity (Wildman–Crippen MR) is 83.4 cm³/mol. The van der Waals surface area contributed by atoms with Gasteiger partial charge >= 0.3 is 0 Å². The molecule has 1 heterocycles. The molecule has 1 aromatic carbocycles. The number of hydrogen-bond donors (Lipinski definition) is 2. The highest BCUT2D eigenvalue weighted by molar-refractivity contribution is 5.91. The van der Waals surface area contributed by atoms with Crippen molar-refractivity contribution in [3.8, 4) is 5.75 Å². The zero-order valence-electron chi connectivity index (χ0n) is 12.6. The van der Waals surface area contributed by atoms with Crippen molar-refractivity contribution in [3.63, 3.8) is 0 Å². The van der Waals surface area contributed by atoms with Gasteiger partial charge in [-0.05, 0) is 42.8 Å². The summed E-state index contributed by atoms with van der Waals surface area (Å²) in [4.78, 5) is 11.7. The van der Waals surface area contributed by atoms with Crippen molar-refractivity contribution in [2.45, 2.75) is 13.0 Å². The zero-order chi connectivity index (χ0) is 15.9. The van der Waals surface area contributed by atoms with Crippen LogP contribution in [0.5, 0.6) is 5.75 Å². The maximum atomic E-state index is 11.7. The normalized spacial score (nSPS) is 12.3. The number of aliphatic hydroxyl groups is 1. The second-order valence-corrected chi connectivity index (χ2v) is 4.82. The summed E-state index contributed by atoms with van der Waals surface area (Å²) in [5, 5.41) is 12.7. The summed E-state index contributed by atoms with van der Waals surface area (Å²) in [6.45, 7) is 1.95. The summed E-state index contributed by atoms with van der Waals surface area (Å²) in [6.07, 6.45) is 2.16. The van der Waals surface area contributed by atoms with Crippen molar-refractivity contribution in [1.82, 2.24) is 5.32 Å². The zero-order valence-corrected chi connectivity index (χ0v) is 12.6. The molecule has 1 unspecified atom stereocenters. The van der Waals surface area contributed by atoms with Crippen LogP contribution < -0.4 is 10.1 Å². The molecule has 0 fully saturated rings. The molecule has 0 saturated heterocycles. The number of carbonyl (C=O) groups excluding carboxylic acids is 1. The number of amides is 1. The lowest BCUT2D eigenvalue weighted by Gasteiger charge is -2.12. The molecule has 2 N–H and O–H groups in total. The molecule has 0 spiro atoms. The van der Waals surface area contributed by atoms with E-state index in [0.29, 0.717) is 17.1 Å². The number of ether oxygens (including phenoxy) is 1. The molecule has 2 rings (SSSR count). The van der Waals surface area contributed by atoms with Crippen molar-refractivity contribution < 1.29 is 19.1 Å². The lowest BCUT2D eigenvalue weighted by atomic mass is 10.1.